The lowest BCUT2D eigenvalue weighted by molar-refractivity contribution is 0.400. The third kappa shape index (κ3) is 3.38. The summed E-state index contributed by atoms with van der Waals surface area (Å²) in [5, 5.41) is 0. The van der Waals surface area contributed by atoms with E-state index < -0.39 is 0 Å². The van der Waals surface area contributed by atoms with Crippen LogP contribution in [0.2, 0.25) is 0 Å². The summed E-state index contributed by atoms with van der Waals surface area (Å²) in [6, 6.07) is 12.0. The molecule has 1 aromatic carbocycles. The molecule has 0 atom stereocenters. The smallest absolute Gasteiger partial charge is 0.238 e. The van der Waals surface area contributed by atoms with Crippen molar-refractivity contribution >= 4 is 33.6 Å². The van der Waals surface area contributed by atoms with Gasteiger partial charge >= 0.3 is 0 Å². The van der Waals surface area contributed by atoms with Crippen molar-refractivity contribution < 1.29 is 4.74 Å². The number of hydrogen-bond acceptors (Lipinski definition) is 4. The third-order valence-electron chi connectivity index (χ3n) is 2.03. The lowest BCUT2D eigenvalue weighted by Gasteiger charge is -2.09. The van der Waals surface area contributed by atoms with Crippen LogP contribution in [0, 0.1) is 0 Å². The Labute approximate surface area is 113 Å². The second kappa shape index (κ2) is 5.93. The standard InChI is InChI=1S/C12H11BrN2OS/c1-16-12-11(7-9(13)8-14-12)15-17-10-5-3-2-4-6-10/h2-8,15H,1H3. The summed E-state index contributed by atoms with van der Waals surface area (Å²) in [5.41, 5.74) is 0.843. The average Bonchev–Trinajstić information content (AvgIpc) is 2.38. The molecule has 0 saturated carbocycles. The Morgan fingerprint density at radius 3 is 2.76 bits per heavy atom. The summed E-state index contributed by atoms with van der Waals surface area (Å²) in [6.07, 6.45) is 1.71. The maximum atomic E-state index is 5.18. The molecule has 88 valence electrons. The zero-order valence-electron chi connectivity index (χ0n) is 9.18. The summed E-state index contributed by atoms with van der Waals surface area (Å²) < 4.78 is 9.31. The summed E-state index contributed by atoms with van der Waals surface area (Å²) in [7, 11) is 1.61. The summed E-state index contributed by atoms with van der Waals surface area (Å²) in [6.45, 7) is 0. The van der Waals surface area contributed by atoms with Gasteiger partial charge in [-0.3, -0.25) is 0 Å². The van der Waals surface area contributed by atoms with E-state index in [1.54, 1.807) is 13.3 Å². The number of rotatable bonds is 4. The molecule has 0 saturated heterocycles. The van der Waals surface area contributed by atoms with E-state index in [1.807, 2.05) is 36.4 Å². The second-order valence-electron chi connectivity index (χ2n) is 3.23. The topological polar surface area (TPSA) is 34.1 Å². The van der Waals surface area contributed by atoms with Crippen molar-refractivity contribution in [3.8, 4) is 5.88 Å². The molecule has 0 fully saturated rings. The van der Waals surface area contributed by atoms with Gasteiger partial charge in [-0.05, 0) is 46.1 Å². The third-order valence-corrected chi connectivity index (χ3v) is 3.30. The number of hydrogen-bond donors (Lipinski definition) is 1. The van der Waals surface area contributed by atoms with Crippen LogP contribution in [0.4, 0.5) is 5.69 Å². The normalized spacial score (nSPS) is 10.0. The highest BCUT2D eigenvalue weighted by atomic mass is 79.9. The van der Waals surface area contributed by atoms with E-state index in [1.165, 1.54) is 11.9 Å². The summed E-state index contributed by atoms with van der Waals surface area (Å²) in [4.78, 5) is 5.30. The fraction of sp³-hybridized carbons (Fsp3) is 0.0833. The molecule has 3 nitrogen and oxygen atoms in total. The van der Waals surface area contributed by atoms with Gasteiger partial charge in [-0.15, -0.1) is 0 Å². The second-order valence-corrected chi connectivity index (χ2v) is 5.02. The predicted molar refractivity (Wildman–Crippen MR) is 74.4 cm³/mol. The number of nitrogens with zero attached hydrogens (tertiary/aromatic N) is 1. The van der Waals surface area contributed by atoms with E-state index in [4.69, 9.17) is 4.74 Å². The van der Waals surface area contributed by atoms with E-state index in [9.17, 15) is 0 Å². The minimum absolute atomic E-state index is 0.580. The Kier molecular flexibility index (Phi) is 4.28. The van der Waals surface area contributed by atoms with E-state index in [0.29, 0.717) is 5.88 Å². The summed E-state index contributed by atoms with van der Waals surface area (Å²) >= 11 is 4.91. The molecule has 2 rings (SSSR count). The van der Waals surface area contributed by atoms with Gasteiger partial charge in [0.05, 0.1) is 7.11 Å². The van der Waals surface area contributed by atoms with Crippen LogP contribution in [-0.4, -0.2) is 12.1 Å². The number of ether oxygens (including phenoxy) is 1. The largest absolute Gasteiger partial charge is 0.480 e. The van der Waals surface area contributed by atoms with Crippen molar-refractivity contribution in [2.45, 2.75) is 4.90 Å². The Morgan fingerprint density at radius 2 is 2.06 bits per heavy atom. The Balaban J connectivity index is 2.11. The van der Waals surface area contributed by atoms with Gasteiger partial charge in [0.1, 0.15) is 5.69 Å². The molecule has 0 aliphatic heterocycles. The molecule has 1 N–H and O–H groups in total. The zero-order chi connectivity index (χ0) is 12.1. The van der Waals surface area contributed by atoms with Crippen LogP contribution in [0.5, 0.6) is 5.88 Å². The first-order valence-corrected chi connectivity index (χ1v) is 6.58. The molecule has 1 heterocycles. The molecule has 1 aromatic heterocycles. The van der Waals surface area contributed by atoms with Gasteiger partial charge in [-0.2, -0.15) is 0 Å². The fourth-order valence-corrected chi connectivity index (χ4v) is 2.26. The van der Waals surface area contributed by atoms with Crippen LogP contribution < -0.4 is 9.46 Å². The quantitative estimate of drug-likeness (QED) is 0.866. The maximum Gasteiger partial charge on any atom is 0.238 e. The van der Waals surface area contributed by atoms with Gasteiger partial charge in [0.25, 0.3) is 0 Å². The van der Waals surface area contributed by atoms with E-state index in [2.05, 4.69) is 25.6 Å². The molecular weight excluding hydrogens is 300 g/mol. The van der Waals surface area contributed by atoms with Crippen molar-refractivity contribution in [2.24, 2.45) is 0 Å². The van der Waals surface area contributed by atoms with Crippen LogP contribution in [0.15, 0.2) is 52.0 Å². The van der Waals surface area contributed by atoms with E-state index in [-0.39, 0.29) is 0 Å². The van der Waals surface area contributed by atoms with Gasteiger partial charge in [0, 0.05) is 15.6 Å². The number of anilines is 1. The first-order chi connectivity index (χ1) is 8.29. The lowest BCUT2D eigenvalue weighted by Crippen LogP contribution is -1.94. The van der Waals surface area contributed by atoms with Crippen LogP contribution in [0.1, 0.15) is 0 Å². The van der Waals surface area contributed by atoms with Gasteiger partial charge in [0.2, 0.25) is 5.88 Å². The van der Waals surface area contributed by atoms with Gasteiger partial charge in [-0.1, -0.05) is 18.2 Å². The molecule has 17 heavy (non-hydrogen) atoms. The molecule has 2 aromatic rings. The lowest BCUT2D eigenvalue weighted by atomic mass is 10.4. The average molecular weight is 311 g/mol. The van der Waals surface area contributed by atoms with E-state index in [0.717, 1.165) is 15.1 Å². The first-order valence-electron chi connectivity index (χ1n) is 4.97. The van der Waals surface area contributed by atoms with E-state index >= 15 is 0 Å². The molecule has 0 amide bonds. The van der Waals surface area contributed by atoms with Crippen molar-refractivity contribution in [2.75, 3.05) is 11.8 Å². The van der Waals surface area contributed by atoms with Crippen LogP contribution >= 0.6 is 27.9 Å². The highest BCUT2D eigenvalue weighted by Crippen LogP contribution is 2.29. The number of nitrogens with one attached hydrogen (secondary N) is 1. The van der Waals surface area contributed by atoms with Crippen LogP contribution in [-0.2, 0) is 0 Å². The monoisotopic (exact) mass is 310 g/mol. The highest BCUT2D eigenvalue weighted by Gasteiger charge is 2.05. The molecule has 5 heteroatoms. The Bertz CT molecular complexity index is 493. The van der Waals surface area contributed by atoms with Crippen molar-refractivity contribution in [1.29, 1.82) is 0 Å². The van der Waals surface area contributed by atoms with Crippen LogP contribution in [0.3, 0.4) is 0 Å². The number of halogens is 1. The Morgan fingerprint density at radius 1 is 1.29 bits per heavy atom. The molecule has 0 spiro atoms. The predicted octanol–water partition coefficient (Wildman–Crippen LogP) is 3.97. The number of methoxy groups -OCH3 is 1. The first kappa shape index (κ1) is 12.3. The van der Waals surface area contributed by atoms with Gasteiger partial charge < -0.3 is 9.46 Å². The minimum atomic E-state index is 0.580. The number of aromatic nitrogens is 1. The number of benzene rings is 1. The molecule has 0 aliphatic rings. The molecule has 0 bridgehead atoms. The highest BCUT2D eigenvalue weighted by molar-refractivity contribution is 9.10. The van der Waals surface area contributed by atoms with Crippen molar-refractivity contribution in [3.05, 3.63) is 47.1 Å². The van der Waals surface area contributed by atoms with Crippen molar-refractivity contribution in [3.63, 3.8) is 0 Å². The molecule has 0 aliphatic carbocycles. The molecule has 0 radical (unpaired) electrons. The van der Waals surface area contributed by atoms with Crippen LogP contribution in [0.25, 0.3) is 0 Å². The zero-order valence-corrected chi connectivity index (χ0v) is 11.6. The van der Waals surface area contributed by atoms with Crippen molar-refractivity contribution in [1.82, 2.24) is 4.98 Å². The Hall–Kier alpha value is -1.20. The SMILES string of the molecule is COc1ncc(Br)cc1NSc1ccccc1. The molecular formula is C12H11BrN2OS. The summed E-state index contributed by atoms with van der Waals surface area (Å²) in [5.74, 6) is 0.580. The minimum Gasteiger partial charge on any atom is -0.480 e. The van der Waals surface area contributed by atoms with Gasteiger partial charge in [-0.25, -0.2) is 4.98 Å². The fourth-order valence-electron chi connectivity index (χ4n) is 1.26. The maximum absolute atomic E-state index is 5.18. The molecule has 0 unspecified atom stereocenters. The van der Waals surface area contributed by atoms with Gasteiger partial charge in [0.15, 0.2) is 0 Å². The number of pyridine rings is 1.